The van der Waals surface area contributed by atoms with Gasteiger partial charge in [-0.1, -0.05) is 6.42 Å². The van der Waals surface area contributed by atoms with E-state index in [1.807, 2.05) is 19.2 Å². The summed E-state index contributed by atoms with van der Waals surface area (Å²) >= 11 is 0. The van der Waals surface area contributed by atoms with Crippen molar-refractivity contribution < 1.29 is 19.4 Å². The molecule has 30 heavy (non-hydrogen) atoms. The van der Waals surface area contributed by atoms with Crippen molar-refractivity contribution in [1.29, 1.82) is 0 Å². The van der Waals surface area contributed by atoms with E-state index in [9.17, 15) is 9.59 Å². The SMILES string of the molecule is Cc1cnc(C2CCCC3(CCOCC3)C2)c(C(=O)Nc2ccc(C(=O)O)cc2)c1. The summed E-state index contributed by atoms with van der Waals surface area (Å²) in [7, 11) is 0. The minimum atomic E-state index is -0.989. The molecule has 4 rings (SSSR count). The number of carboxylic acid groups (broad SMARTS) is 1. The Bertz CT molecular complexity index is 927. The molecule has 2 aliphatic rings. The van der Waals surface area contributed by atoms with Crippen LogP contribution in [-0.4, -0.2) is 35.2 Å². The highest BCUT2D eigenvalue weighted by Gasteiger charge is 2.39. The molecule has 1 amide bonds. The van der Waals surface area contributed by atoms with Gasteiger partial charge in [0.05, 0.1) is 16.8 Å². The van der Waals surface area contributed by atoms with Crippen molar-refractivity contribution in [2.75, 3.05) is 18.5 Å². The number of rotatable bonds is 4. The van der Waals surface area contributed by atoms with Gasteiger partial charge in [0.2, 0.25) is 0 Å². The number of ether oxygens (including phenoxy) is 1. The fourth-order valence-corrected chi connectivity index (χ4v) is 4.92. The first-order valence-electron chi connectivity index (χ1n) is 10.6. The maximum atomic E-state index is 13.1. The topological polar surface area (TPSA) is 88.5 Å². The van der Waals surface area contributed by atoms with E-state index in [1.165, 1.54) is 18.6 Å². The first-order chi connectivity index (χ1) is 14.5. The van der Waals surface area contributed by atoms with Crippen molar-refractivity contribution >= 4 is 17.6 Å². The van der Waals surface area contributed by atoms with Crippen molar-refractivity contribution in [1.82, 2.24) is 4.98 Å². The number of anilines is 1. The van der Waals surface area contributed by atoms with E-state index in [0.29, 0.717) is 16.7 Å². The van der Waals surface area contributed by atoms with Crippen molar-refractivity contribution in [3.05, 3.63) is 58.9 Å². The van der Waals surface area contributed by atoms with Crippen LogP contribution < -0.4 is 5.32 Å². The molecule has 1 spiro atoms. The Labute approximate surface area is 176 Å². The van der Waals surface area contributed by atoms with Crippen LogP contribution in [0.4, 0.5) is 5.69 Å². The molecule has 158 valence electrons. The number of nitrogens with zero attached hydrogens (tertiary/aromatic N) is 1. The van der Waals surface area contributed by atoms with Crippen LogP contribution in [0, 0.1) is 12.3 Å². The maximum Gasteiger partial charge on any atom is 0.335 e. The molecule has 2 heterocycles. The van der Waals surface area contributed by atoms with E-state index in [-0.39, 0.29) is 17.4 Å². The number of nitrogens with one attached hydrogen (secondary N) is 1. The predicted molar refractivity (Wildman–Crippen MR) is 114 cm³/mol. The molecular formula is C24H28N2O4. The number of pyridine rings is 1. The molecule has 2 fully saturated rings. The summed E-state index contributed by atoms with van der Waals surface area (Å²) in [5.41, 5.74) is 3.52. The third-order valence-electron chi connectivity index (χ3n) is 6.57. The molecule has 1 aromatic carbocycles. The summed E-state index contributed by atoms with van der Waals surface area (Å²) in [6, 6.07) is 8.12. The Balaban J connectivity index is 1.57. The molecule has 1 aromatic heterocycles. The number of hydrogen-bond acceptors (Lipinski definition) is 4. The molecular weight excluding hydrogens is 380 g/mol. The first-order valence-corrected chi connectivity index (χ1v) is 10.6. The molecule has 1 aliphatic carbocycles. The zero-order valence-electron chi connectivity index (χ0n) is 17.3. The van der Waals surface area contributed by atoms with Gasteiger partial charge in [-0.3, -0.25) is 9.78 Å². The fraction of sp³-hybridized carbons (Fsp3) is 0.458. The zero-order chi connectivity index (χ0) is 21.1. The quantitative estimate of drug-likeness (QED) is 0.759. The number of carbonyl (C=O) groups excluding carboxylic acids is 1. The lowest BCUT2D eigenvalue weighted by Gasteiger charge is -2.43. The van der Waals surface area contributed by atoms with Gasteiger partial charge in [-0.2, -0.15) is 0 Å². The van der Waals surface area contributed by atoms with Crippen LogP contribution in [0.2, 0.25) is 0 Å². The summed E-state index contributed by atoms with van der Waals surface area (Å²) in [6.07, 6.45) is 8.51. The van der Waals surface area contributed by atoms with Crippen molar-refractivity contribution in [3.63, 3.8) is 0 Å². The highest BCUT2D eigenvalue weighted by atomic mass is 16.5. The second kappa shape index (κ2) is 8.56. The third kappa shape index (κ3) is 4.38. The van der Waals surface area contributed by atoms with Crippen molar-refractivity contribution in [3.8, 4) is 0 Å². The van der Waals surface area contributed by atoms with Crippen LogP contribution in [0.3, 0.4) is 0 Å². The van der Waals surface area contributed by atoms with Gasteiger partial charge in [0, 0.05) is 31.0 Å². The summed E-state index contributed by atoms with van der Waals surface area (Å²) in [5.74, 6) is -0.916. The number of carbonyl (C=O) groups is 2. The van der Waals surface area contributed by atoms with E-state index in [4.69, 9.17) is 14.8 Å². The normalized spacial score (nSPS) is 20.6. The lowest BCUT2D eigenvalue weighted by molar-refractivity contribution is -0.00960. The summed E-state index contributed by atoms with van der Waals surface area (Å²) in [6.45, 7) is 3.59. The summed E-state index contributed by atoms with van der Waals surface area (Å²) < 4.78 is 5.59. The highest BCUT2D eigenvalue weighted by Crippen LogP contribution is 2.49. The highest BCUT2D eigenvalue weighted by molar-refractivity contribution is 6.05. The number of hydrogen-bond donors (Lipinski definition) is 2. The molecule has 1 unspecified atom stereocenters. The summed E-state index contributed by atoms with van der Waals surface area (Å²) in [4.78, 5) is 28.9. The van der Waals surface area contributed by atoms with Gasteiger partial charge in [0.25, 0.3) is 5.91 Å². The van der Waals surface area contributed by atoms with Crippen LogP contribution in [0.25, 0.3) is 0 Å². The molecule has 1 atom stereocenters. The standard InChI is InChI=1S/C24H28N2O4/c1-16-13-20(22(27)26-19-6-4-17(5-7-19)23(28)29)21(25-15-16)18-3-2-8-24(14-18)9-11-30-12-10-24/h4-7,13,15,18H,2-3,8-12,14H2,1H3,(H,26,27)(H,28,29). The second-order valence-electron chi connectivity index (χ2n) is 8.69. The van der Waals surface area contributed by atoms with Gasteiger partial charge in [-0.05, 0) is 80.3 Å². The monoisotopic (exact) mass is 408 g/mol. The van der Waals surface area contributed by atoms with Gasteiger partial charge in [-0.15, -0.1) is 0 Å². The lowest BCUT2D eigenvalue weighted by atomic mass is 9.64. The van der Waals surface area contributed by atoms with Crippen LogP contribution in [-0.2, 0) is 4.74 Å². The molecule has 2 N–H and O–H groups in total. The average molecular weight is 408 g/mol. The van der Waals surface area contributed by atoms with Crippen LogP contribution in [0.15, 0.2) is 36.5 Å². The van der Waals surface area contributed by atoms with E-state index < -0.39 is 5.97 Å². The Hall–Kier alpha value is -2.73. The van der Waals surface area contributed by atoms with Crippen molar-refractivity contribution in [2.24, 2.45) is 5.41 Å². The molecule has 2 aromatic rings. The molecule has 0 radical (unpaired) electrons. The van der Waals surface area contributed by atoms with E-state index in [1.54, 1.807) is 12.1 Å². The molecule has 1 aliphatic heterocycles. The molecule has 6 heteroatoms. The first kappa shape index (κ1) is 20.5. The fourth-order valence-electron chi connectivity index (χ4n) is 4.92. The zero-order valence-corrected chi connectivity index (χ0v) is 17.3. The lowest BCUT2D eigenvalue weighted by Crippen LogP contribution is -2.34. The third-order valence-corrected chi connectivity index (χ3v) is 6.57. The summed E-state index contributed by atoms with van der Waals surface area (Å²) in [5, 5.41) is 12.0. The van der Waals surface area contributed by atoms with E-state index >= 15 is 0 Å². The van der Waals surface area contributed by atoms with Gasteiger partial charge in [-0.25, -0.2) is 4.79 Å². The molecule has 1 saturated carbocycles. The van der Waals surface area contributed by atoms with Crippen LogP contribution in [0.1, 0.15) is 76.4 Å². The van der Waals surface area contributed by atoms with Crippen LogP contribution >= 0.6 is 0 Å². The van der Waals surface area contributed by atoms with E-state index in [0.717, 1.165) is 56.6 Å². The Kier molecular flexibility index (Phi) is 5.86. The largest absolute Gasteiger partial charge is 0.478 e. The number of aryl methyl sites for hydroxylation is 1. The predicted octanol–water partition coefficient (Wildman–Crippen LogP) is 4.79. The van der Waals surface area contributed by atoms with Crippen molar-refractivity contribution in [2.45, 2.75) is 51.4 Å². The van der Waals surface area contributed by atoms with Gasteiger partial charge in [0.15, 0.2) is 0 Å². The number of carboxylic acids is 1. The number of aromatic nitrogens is 1. The number of benzene rings is 1. The van der Waals surface area contributed by atoms with E-state index in [2.05, 4.69) is 5.32 Å². The number of amides is 1. The Morgan fingerprint density at radius 2 is 1.90 bits per heavy atom. The Morgan fingerprint density at radius 3 is 2.60 bits per heavy atom. The molecule has 6 nitrogen and oxygen atoms in total. The minimum absolute atomic E-state index is 0.190. The maximum absolute atomic E-state index is 13.1. The smallest absolute Gasteiger partial charge is 0.335 e. The number of aromatic carboxylic acids is 1. The van der Waals surface area contributed by atoms with Gasteiger partial charge in [0.1, 0.15) is 0 Å². The molecule has 1 saturated heterocycles. The Morgan fingerprint density at radius 1 is 1.17 bits per heavy atom. The molecule has 0 bridgehead atoms. The van der Waals surface area contributed by atoms with Gasteiger partial charge < -0.3 is 15.2 Å². The second-order valence-corrected chi connectivity index (χ2v) is 8.69. The average Bonchev–Trinajstić information content (AvgIpc) is 2.74. The van der Waals surface area contributed by atoms with Crippen LogP contribution in [0.5, 0.6) is 0 Å². The van der Waals surface area contributed by atoms with Gasteiger partial charge >= 0.3 is 5.97 Å². The minimum Gasteiger partial charge on any atom is -0.478 e.